The fourth-order valence-corrected chi connectivity index (χ4v) is 2.50. The number of benzene rings is 2. The van der Waals surface area contributed by atoms with Crippen LogP contribution in [-0.2, 0) is 6.42 Å². The standard InChI is InChI=1S/C19H23NO2/c1-4-15-9-7-8-10-18(15)19(21)22-17-13-11-16(12-14-17)20(5-2)6-3/h7-14H,4-6H2,1-3H3. The van der Waals surface area contributed by atoms with E-state index in [-0.39, 0.29) is 5.97 Å². The third-order valence-corrected chi connectivity index (χ3v) is 3.79. The summed E-state index contributed by atoms with van der Waals surface area (Å²) in [6.07, 6.45) is 0.812. The third kappa shape index (κ3) is 3.67. The first-order valence-electron chi connectivity index (χ1n) is 7.84. The molecule has 0 saturated heterocycles. The van der Waals surface area contributed by atoms with E-state index in [9.17, 15) is 4.79 Å². The molecule has 0 spiro atoms. The van der Waals surface area contributed by atoms with Crippen molar-refractivity contribution in [2.24, 2.45) is 0 Å². The number of ether oxygens (including phenoxy) is 1. The average Bonchev–Trinajstić information content (AvgIpc) is 2.57. The first kappa shape index (κ1) is 16.1. The van der Waals surface area contributed by atoms with Crippen molar-refractivity contribution in [3.63, 3.8) is 0 Å². The number of hydrogen-bond acceptors (Lipinski definition) is 3. The first-order chi connectivity index (χ1) is 10.7. The SMILES string of the molecule is CCc1ccccc1C(=O)Oc1ccc(N(CC)CC)cc1. The Bertz CT molecular complexity index is 616. The van der Waals surface area contributed by atoms with E-state index in [1.807, 2.05) is 55.5 Å². The van der Waals surface area contributed by atoms with Crippen LogP contribution in [0.2, 0.25) is 0 Å². The van der Waals surface area contributed by atoms with Gasteiger partial charge in [0.25, 0.3) is 0 Å². The fraction of sp³-hybridized carbons (Fsp3) is 0.316. The van der Waals surface area contributed by atoms with Crippen LogP contribution in [0.4, 0.5) is 5.69 Å². The van der Waals surface area contributed by atoms with Crippen molar-refractivity contribution < 1.29 is 9.53 Å². The van der Waals surface area contributed by atoms with Crippen LogP contribution in [0.25, 0.3) is 0 Å². The van der Waals surface area contributed by atoms with Crippen LogP contribution < -0.4 is 9.64 Å². The Balaban J connectivity index is 2.12. The quantitative estimate of drug-likeness (QED) is 0.587. The molecule has 22 heavy (non-hydrogen) atoms. The van der Waals surface area contributed by atoms with E-state index in [1.54, 1.807) is 0 Å². The molecule has 0 radical (unpaired) electrons. The van der Waals surface area contributed by atoms with Crippen LogP contribution in [0.5, 0.6) is 5.75 Å². The molecule has 0 N–H and O–H groups in total. The Labute approximate surface area is 132 Å². The summed E-state index contributed by atoms with van der Waals surface area (Å²) in [6.45, 7) is 8.20. The molecule has 0 amide bonds. The molecule has 116 valence electrons. The predicted molar refractivity (Wildman–Crippen MR) is 90.8 cm³/mol. The molecule has 2 aromatic carbocycles. The van der Waals surface area contributed by atoms with Gasteiger partial charge in [-0.3, -0.25) is 0 Å². The summed E-state index contributed by atoms with van der Waals surface area (Å²) in [5.41, 5.74) is 2.78. The van der Waals surface area contributed by atoms with Gasteiger partial charge in [-0.1, -0.05) is 25.1 Å². The van der Waals surface area contributed by atoms with Gasteiger partial charge in [0, 0.05) is 18.8 Å². The number of carbonyl (C=O) groups excluding carboxylic acids is 1. The Morgan fingerprint density at radius 2 is 1.59 bits per heavy atom. The topological polar surface area (TPSA) is 29.5 Å². The molecule has 2 aromatic rings. The van der Waals surface area contributed by atoms with Crippen molar-refractivity contribution in [2.75, 3.05) is 18.0 Å². The van der Waals surface area contributed by atoms with Crippen LogP contribution >= 0.6 is 0 Å². The Hall–Kier alpha value is -2.29. The normalized spacial score (nSPS) is 10.3. The van der Waals surface area contributed by atoms with Gasteiger partial charge >= 0.3 is 5.97 Å². The molecule has 3 nitrogen and oxygen atoms in total. The molecule has 0 heterocycles. The van der Waals surface area contributed by atoms with Gasteiger partial charge in [-0.05, 0) is 56.2 Å². The second-order valence-corrected chi connectivity index (χ2v) is 5.07. The van der Waals surface area contributed by atoms with Crippen molar-refractivity contribution in [1.82, 2.24) is 0 Å². The summed E-state index contributed by atoms with van der Waals surface area (Å²) in [4.78, 5) is 14.5. The van der Waals surface area contributed by atoms with E-state index in [0.717, 1.165) is 30.8 Å². The minimum Gasteiger partial charge on any atom is -0.423 e. The maximum absolute atomic E-state index is 12.3. The summed E-state index contributed by atoms with van der Waals surface area (Å²) in [5, 5.41) is 0. The Morgan fingerprint density at radius 3 is 2.18 bits per heavy atom. The second kappa shape index (κ2) is 7.64. The number of carbonyl (C=O) groups is 1. The first-order valence-corrected chi connectivity index (χ1v) is 7.84. The molecule has 0 atom stereocenters. The van der Waals surface area contributed by atoms with Gasteiger partial charge in [-0.15, -0.1) is 0 Å². The highest BCUT2D eigenvalue weighted by Gasteiger charge is 2.12. The molecule has 0 bridgehead atoms. The summed E-state index contributed by atoms with van der Waals surface area (Å²) in [5.74, 6) is 0.278. The lowest BCUT2D eigenvalue weighted by molar-refractivity contribution is 0.0733. The summed E-state index contributed by atoms with van der Waals surface area (Å²) in [7, 11) is 0. The van der Waals surface area contributed by atoms with E-state index >= 15 is 0 Å². The molecule has 0 aliphatic heterocycles. The molecule has 2 rings (SSSR count). The van der Waals surface area contributed by atoms with Crippen LogP contribution in [-0.4, -0.2) is 19.1 Å². The highest BCUT2D eigenvalue weighted by Crippen LogP contribution is 2.21. The second-order valence-electron chi connectivity index (χ2n) is 5.07. The van der Waals surface area contributed by atoms with E-state index in [2.05, 4.69) is 18.7 Å². The fourth-order valence-electron chi connectivity index (χ4n) is 2.50. The largest absolute Gasteiger partial charge is 0.423 e. The zero-order valence-corrected chi connectivity index (χ0v) is 13.5. The predicted octanol–water partition coefficient (Wildman–Crippen LogP) is 4.31. The van der Waals surface area contributed by atoms with Gasteiger partial charge in [0.15, 0.2) is 0 Å². The van der Waals surface area contributed by atoms with Crippen LogP contribution in [0.15, 0.2) is 48.5 Å². The summed E-state index contributed by atoms with van der Waals surface area (Å²) in [6, 6.07) is 15.2. The van der Waals surface area contributed by atoms with Crippen LogP contribution in [0.1, 0.15) is 36.7 Å². The van der Waals surface area contributed by atoms with E-state index in [0.29, 0.717) is 11.3 Å². The number of aryl methyl sites for hydroxylation is 1. The highest BCUT2D eigenvalue weighted by molar-refractivity contribution is 5.92. The van der Waals surface area contributed by atoms with E-state index in [4.69, 9.17) is 4.74 Å². The molecule has 0 saturated carbocycles. The lowest BCUT2D eigenvalue weighted by Crippen LogP contribution is -2.21. The highest BCUT2D eigenvalue weighted by atomic mass is 16.5. The number of hydrogen-bond donors (Lipinski definition) is 0. The van der Waals surface area contributed by atoms with Crippen molar-refractivity contribution in [3.8, 4) is 5.75 Å². The Kier molecular flexibility index (Phi) is 5.59. The molecule has 0 unspecified atom stereocenters. The monoisotopic (exact) mass is 297 g/mol. The number of rotatable bonds is 6. The van der Waals surface area contributed by atoms with E-state index in [1.165, 1.54) is 0 Å². The molecular formula is C19H23NO2. The van der Waals surface area contributed by atoms with Crippen LogP contribution in [0, 0.1) is 0 Å². The zero-order chi connectivity index (χ0) is 15.9. The minimum absolute atomic E-state index is 0.298. The van der Waals surface area contributed by atoms with Crippen LogP contribution in [0.3, 0.4) is 0 Å². The van der Waals surface area contributed by atoms with Crippen molar-refractivity contribution in [3.05, 3.63) is 59.7 Å². The molecule has 0 aromatic heterocycles. The maximum atomic E-state index is 12.3. The number of nitrogens with zero attached hydrogens (tertiary/aromatic N) is 1. The molecule has 0 aliphatic carbocycles. The third-order valence-electron chi connectivity index (χ3n) is 3.79. The lowest BCUT2D eigenvalue weighted by atomic mass is 10.1. The van der Waals surface area contributed by atoms with Gasteiger partial charge in [-0.2, -0.15) is 0 Å². The van der Waals surface area contributed by atoms with Crippen molar-refractivity contribution in [2.45, 2.75) is 27.2 Å². The number of esters is 1. The molecule has 3 heteroatoms. The summed E-state index contributed by atoms with van der Waals surface area (Å²) >= 11 is 0. The van der Waals surface area contributed by atoms with Gasteiger partial charge in [0.2, 0.25) is 0 Å². The van der Waals surface area contributed by atoms with Crippen molar-refractivity contribution >= 4 is 11.7 Å². The van der Waals surface area contributed by atoms with Gasteiger partial charge in [0.1, 0.15) is 5.75 Å². The molecule has 0 aliphatic rings. The molecule has 0 fully saturated rings. The Morgan fingerprint density at radius 1 is 0.955 bits per heavy atom. The smallest absolute Gasteiger partial charge is 0.343 e. The average molecular weight is 297 g/mol. The van der Waals surface area contributed by atoms with E-state index < -0.39 is 0 Å². The molecular weight excluding hydrogens is 274 g/mol. The van der Waals surface area contributed by atoms with Gasteiger partial charge < -0.3 is 9.64 Å². The zero-order valence-electron chi connectivity index (χ0n) is 13.5. The number of anilines is 1. The minimum atomic E-state index is -0.298. The van der Waals surface area contributed by atoms with Crippen molar-refractivity contribution in [1.29, 1.82) is 0 Å². The van der Waals surface area contributed by atoms with Gasteiger partial charge in [-0.25, -0.2) is 4.79 Å². The summed E-state index contributed by atoms with van der Waals surface area (Å²) < 4.78 is 5.49. The lowest BCUT2D eigenvalue weighted by Gasteiger charge is -2.21. The van der Waals surface area contributed by atoms with Gasteiger partial charge in [0.05, 0.1) is 5.56 Å². The maximum Gasteiger partial charge on any atom is 0.343 e.